The van der Waals surface area contributed by atoms with E-state index >= 15 is 0 Å². The molecule has 2 atom stereocenters. The van der Waals surface area contributed by atoms with Gasteiger partial charge < -0.3 is 14.6 Å². The lowest BCUT2D eigenvalue weighted by atomic mass is 9.95. The van der Waals surface area contributed by atoms with E-state index in [1.807, 2.05) is 17.0 Å². The molecule has 2 unspecified atom stereocenters. The largest absolute Gasteiger partial charge is 0.467 e. The van der Waals surface area contributed by atoms with Crippen molar-refractivity contribution in [3.05, 3.63) is 54.2 Å². The van der Waals surface area contributed by atoms with Crippen molar-refractivity contribution < 1.29 is 18.8 Å². The van der Waals surface area contributed by atoms with Gasteiger partial charge in [-0.3, -0.25) is 19.5 Å². The molecule has 0 bridgehead atoms. The van der Waals surface area contributed by atoms with Gasteiger partial charge in [-0.15, -0.1) is 0 Å². The summed E-state index contributed by atoms with van der Waals surface area (Å²) >= 11 is 0. The Labute approximate surface area is 162 Å². The molecule has 0 aromatic carbocycles. The van der Waals surface area contributed by atoms with Crippen molar-refractivity contribution in [2.24, 2.45) is 0 Å². The van der Waals surface area contributed by atoms with Crippen molar-refractivity contribution >= 4 is 17.8 Å². The topological polar surface area (TPSA) is 95.8 Å². The third-order valence-corrected chi connectivity index (χ3v) is 5.27. The summed E-state index contributed by atoms with van der Waals surface area (Å²) in [6.07, 6.45) is 7.77. The van der Waals surface area contributed by atoms with Gasteiger partial charge in [0.2, 0.25) is 5.91 Å². The van der Waals surface area contributed by atoms with Crippen molar-refractivity contribution in [1.29, 1.82) is 0 Å². The zero-order valence-corrected chi connectivity index (χ0v) is 15.4. The second-order valence-electron chi connectivity index (χ2n) is 7.10. The zero-order valence-electron chi connectivity index (χ0n) is 15.4. The highest BCUT2D eigenvalue weighted by Crippen LogP contribution is 2.31. The number of nitrogens with one attached hydrogen (secondary N) is 1. The number of hydrogen-bond donors (Lipinski definition) is 1. The Bertz CT molecular complexity index is 852. The maximum atomic E-state index is 13.0. The fourth-order valence-electron chi connectivity index (χ4n) is 3.86. The number of nitrogens with zero attached hydrogens (tertiary/aromatic N) is 3. The molecule has 0 spiro atoms. The number of hydrogen-bond acceptors (Lipinski definition) is 5. The summed E-state index contributed by atoms with van der Waals surface area (Å²) in [7, 11) is 0. The summed E-state index contributed by atoms with van der Waals surface area (Å²) in [5, 5.41) is 2.63. The van der Waals surface area contributed by atoms with Crippen LogP contribution in [0.2, 0.25) is 0 Å². The number of imide groups is 1. The predicted molar refractivity (Wildman–Crippen MR) is 98.7 cm³/mol. The van der Waals surface area contributed by atoms with Gasteiger partial charge in [-0.05, 0) is 43.0 Å². The lowest BCUT2D eigenvalue weighted by molar-refractivity contribution is -0.138. The molecule has 28 heavy (non-hydrogen) atoms. The summed E-state index contributed by atoms with van der Waals surface area (Å²) in [6, 6.07) is 5.85. The van der Waals surface area contributed by atoms with Crippen molar-refractivity contribution in [3.8, 4) is 0 Å². The molecule has 0 radical (unpaired) electrons. The van der Waals surface area contributed by atoms with E-state index in [0.717, 1.165) is 29.7 Å². The normalized spacial score (nSPS) is 22.4. The highest BCUT2D eigenvalue weighted by atomic mass is 16.3. The molecule has 4 rings (SSSR count). The molecule has 2 fully saturated rings. The van der Waals surface area contributed by atoms with Crippen LogP contribution in [0.5, 0.6) is 0 Å². The SMILES string of the molecule is O=C1NC(CC(=O)N2CCCCC2c2cccnc2)C(=O)N1Cc1ccco1. The first-order chi connectivity index (χ1) is 13.6. The first kappa shape index (κ1) is 18.2. The van der Waals surface area contributed by atoms with Crippen molar-refractivity contribution in [2.75, 3.05) is 6.54 Å². The molecule has 0 aliphatic carbocycles. The lowest BCUT2D eigenvalue weighted by Crippen LogP contribution is -2.42. The smallest absolute Gasteiger partial charge is 0.325 e. The van der Waals surface area contributed by atoms with E-state index in [0.29, 0.717) is 12.3 Å². The number of aromatic nitrogens is 1. The summed E-state index contributed by atoms with van der Waals surface area (Å²) in [4.78, 5) is 44.9. The Hall–Kier alpha value is -3.16. The van der Waals surface area contributed by atoms with Crippen molar-refractivity contribution in [2.45, 2.75) is 44.3 Å². The molecule has 2 aliphatic rings. The Kier molecular flexibility index (Phi) is 5.10. The third kappa shape index (κ3) is 3.62. The maximum absolute atomic E-state index is 13.0. The number of pyridine rings is 1. The van der Waals surface area contributed by atoms with E-state index in [9.17, 15) is 14.4 Å². The molecular formula is C20H22N4O4. The van der Waals surface area contributed by atoms with E-state index < -0.39 is 18.0 Å². The van der Waals surface area contributed by atoms with E-state index in [1.165, 1.54) is 6.26 Å². The number of likely N-dealkylation sites (tertiary alicyclic amines) is 1. The monoisotopic (exact) mass is 382 g/mol. The second kappa shape index (κ2) is 7.84. The van der Waals surface area contributed by atoms with Gasteiger partial charge in [-0.25, -0.2) is 4.79 Å². The molecule has 2 aliphatic heterocycles. The number of carbonyl (C=O) groups excluding carboxylic acids is 3. The van der Waals surface area contributed by atoms with Crippen LogP contribution in [-0.4, -0.2) is 45.2 Å². The zero-order chi connectivity index (χ0) is 19.5. The van der Waals surface area contributed by atoms with Gasteiger partial charge in [0, 0.05) is 18.9 Å². The first-order valence-corrected chi connectivity index (χ1v) is 9.47. The van der Waals surface area contributed by atoms with Crippen LogP contribution in [0.15, 0.2) is 47.3 Å². The number of carbonyl (C=O) groups is 3. The second-order valence-corrected chi connectivity index (χ2v) is 7.10. The Balaban J connectivity index is 1.44. The number of furan rings is 1. The van der Waals surface area contributed by atoms with Crippen LogP contribution in [0.4, 0.5) is 4.79 Å². The first-order valence-electron chi connectivity index (χ1n) is 9.47. The van der Waals surface area contributed by atoms with Gasteiger partial charge in [-0.1, -0.05) is 6.07 Å². The van der Waals surface area contributed by atoms with Gasteiger partial charge in [0.1, 0.15) is 11.8 Å². The van der Waals surface area contributed by atoms with Gasteiger partial charge in [0.15, 0.2) is 0 Å². The summed E-state index contributed by atoms with van der Waals surface area (Å²) < 4.78 is 5.21. The van der Waals surface area contributed by atoms with E-state index in [-0.39, 0.29) is 24.9 Å². The van der Waals surface area contributed by atoms with Gasteiger partial charge >= 0.3 is 6.03 Å². The molecule has 8 heteroatoms. The standard InChI is InChI=1S/C20H22N4O4/c25-18(23-9-2-1-7-17(23)14-5-3-8-21-12-14)11-16-19(26)24(20(27)22-16)13-15-6-4-10-28-15/h3-6,8,10,12,16-17H,1-2,7,9,11,13H2,(H,22,27). The fraction of sp³-hybridized carbons (Fsp3) is 0.400. The lowest BCUT2D eigenvalue weighted by Gasteiger charge is -2.36. The highest BCUT2D eigenvalue weighted by molar-refractivity contribution is 6.05. The summed E-state index contributed by atoms with van der Waals surface area (Å²) in [6.45, 7) is 0.702. The minimum Gasteiger partial charge on any atom is -0.467 e. The summed E-state index contributed by atoms with van der Waals surface area (Å²) in [5.74, 6) is -0.0140. The van der Waals surface area contributed by atoms with E-state index in [4.69, 9.17) is 4.42 Å². The van der Waals surface area contributed by atoms with Crippen LogP contribution >= 0.6 is 0 Å². The van der Waals surface area contributed by atoms with Crippen molar-refractivity contribution in [3.63, 3.8) is 0 Å². The van der Waals surface area contributed by atoms with Gasteiger partial charge in [-0.2, -0.15) is 0 Å². The highest BCUT2D eigenvalue weighted by Gasteiger charge is 2.41. The van der Waals surface area contributed by atoms with Crippen LogP contribution in [0.25, 0.3) is 0 Å². The molecule has 4 amide bonds. The van der Waals surface area contributed by atoms with Gasteiger partial charge in [0.05, 0.1) is 25.3 Å². The predicted octanol–water partition coefficient (Wildman–Crippen LogP) is 2.24. The third-order valence-electron chi connectivity index (χ3n) is 5.27. The molecular weight excluding hydrogens is 360 g/mol. The molecule has 2 saturated heterocycles. The Morgan fingerprint density at radius 1 is 1.25 bits per heavy atom. The van der Waals surface area contributed by atoms with Crippen LogP contribution in [0.1, 0.15) is 43.0 Å². The molecule has 0 saturated carbocycles. The Morgan fingerprint density at radius 2 is 2.14 bits per heavy atom. The molecule has 2 aromatic heterocycles. The molecule has 2 aromatic rings. The average Bonchev–Trinajstić information content (AvgIpc) is 3.33. The summed E-state index contributed by atoms with van der Waals surface area (Å²) in [5.41, 5.74) is 0.997. The maximum Gasteiger partial charge on any atom is 0.325 e. The van der Waals surface area contributed by atoms with Crippen LogP contribution < -0.4 is 5.32 Å². The van der Waals surface area contributed by atoms with Crippen molar-refractivity contribution in [1.82, 2.24) is 20.1 Å². The number of amides is 4. The number of piperidine rings is 1. The number of rotatable bonds is 5. The molecule has 1 N–H and O–H groups in total. The molecule has 8 nitrogen and oxygen atoms in total. The van der Waals surface area contributed by atoms with Crippen LogP contribution in [0.3, 0.4) is 0 Å². The average molecular weight is 382 g/mol. The molecule has 146 valence electrons. The van der Waals surface area contributed by atoms with Gasteiger partial charge in [0.25, 0.3) is 5.91 Å². The fourth-order valence-corrected chi connectivity index (χ4v) is 3.86. The van der Waals surface area contributed by atoms with E-state index in [1.54, 1.807) is 24.5 Å². The Morgan fingerprint density at radius 3 is 2.89 bits per heavy atom. The van der Waals surface area contributed by atoms with Crippen LogP contribution in [-0.2, 0) is 16.1 Å². The number of urea groups is 1. The quantitative estimate of drug-likeness (QED) is 0.800. The van der Waals surface area contributed by atoms with E-state index in [2.05, 4.69) is 10.3 Å². The minimum atomic E-state index is -0.841. The molecule has 4 heterocycles. The van der Waals surface area contributed by atoms with Crippen LogP contribution in [0, 0.1) is 0 Å². The minimum absolute atomic E-state index is 0.0404.